The van der Waals surface area contributed by atoms with Gasteiger partial charge in [-0.15, -0.1) is 0 Å². The summed E-state index contributed by atoms with van der Waals surface area (Å²) in [6.45, 7) is 6.40. The van der Waals surface area contributed by atoms with Crippen molar-refractivity contribution in [2.45, 2.75) is 12.1 Å². The van der Waals surface area contributed by atoms with Gasteiger partial charge in [-0.3, -0.25) is 9.69 Å². The van der Waals surface area contributed by atoms with E-state index in [1.54, 1.807) is 11.9 Å². The first-order valence-electron chi connectivity index (χ1n) is 8.76. The van der Waals surface area contributed by atoms with Crippen LogP contribution in [0.25, 0.3) is 0 Å². The quantitative estimate of drug-likeness (QED) is 0.841. The minimum atomic E-state index is -0.445. The average Bonchev–Trinajstić information content (AvgIpc) is 3.00. The lowest BCUT2D eigenvalue weighted by Gasteiger charge is -2.44. The summed E-state index contributed by atoms with van der Waals surface area (Å²) in [6, 6.07) is 18.7. The number of likely N-dealkylation sites (tertiary alicyclic amines) is 1. The second-order valence-electron chi connectivity index (χ2n) is 7.16. The highest BCUT2D eigenvalue weighted by Crippen LogP contribution is 2.43. The molecule has 1 N–H and O–H groups in total. The topological polar surface area (TPSA) is 35.6 Å². The molecule has 2 unspecified atom stereocenters. The van der Waals surface area contributed by atoms with Crippen molar-refractivity contribution < 1.29 is 4.79 Å². The Balaban J connectivity index is 1.72. The first kappa shape index (κ1) is 17.3. The van der Waals surface area contributed by atoms with Crippen LogP contribution in [-0.2, 0) is 16.9 Å². The molecule has 0 spiro atoms. The molecule has 2 aromatic rings. The van der Waals surface area contributed by atoms with Crippen molar-refractivity contribution >= 4 is 21.8 Å². The number of nitrogens with zero attached hydrogens (tertiary/aromatic N) is 2. The number of nitrogens with one attached hydrogen (secondary N) is 1. The van der Waals surface area contributed by atoms with Gasteiger partial charge in [0.2, 0.25) is 5.91 Å². The zero-order valence-corrected chi connectivity index (χ0v) is 16.4. The van der Waals surface area contributed by atoms with Gasteiger partial charge in [-0.25, -0.2) is 0 Å². The second kappa shape index (κ2) is 6.56. The number of benzene rings is 2. The van der Waals surface area contributed by atoms with Crippen LogP contribution in [0.3, 0.4) is 0 Å². The molecule has 5 heteroatoms. The number of carbonyl (C=O) groups excluding carboxylic acids is 1. The van der Waals surface area contributed by atoms with Crippen molar-refractivity contribution in [1.29, 1.82) is 0 Å². The van der Waals surface area contributed by atoms with Crippen LogP contribution in [0.1, 0.15) is 11.1 Å². The van der Waals surface area contributed by atoms with Crippen LogP contribution in [0.15, 0.2) is 71.5 Å². The summed E-state index contributed by atoms with van der Waals surface area (Å²) in [5.74, 6) is 0.646. The van der Waals surface area contributed by atoms with E-state index in [1.165, 1.54) is 5.56 Å². The molecule has 4 nitrogen and oxygen atoms in total. The van der Waals surface area contributed by atoms with Gasteiger partial charge in [-0.05, 0) is 23.3 Å². The SMILES string of the molecule is C=C1NC2(c3cccc(Br)c3)CN(Cc3ccccc3)CC2C(=O)N1C. The molecule has 134 valence electrons. The van der Waals surface area contributed by atoms with Gasteiger partial charge >= 0.3 is 0 Å². The number of rotatable bonds is 3. The average molecular weight is 412 g/mol. The van der Waals surface area contributed by atoms with E-state index >= 15 is 0 Å². The largest absolute Gasteiger partial charge is 0.360 e. The van der Waals surface area contributed by atoms with Crippen molar-refractivity contribution in [3.8, 4) is 0 Å². The fourth-order valence-electron chi connectivity index (χ4n) is 4.16. The molecule has 2 atom stereocenters. The molecule has 0 aromatic heterocycles. The monoisotopic (exact) mass is 411 g/mol. The number of hydrogen-bond acceptors (Lipinski definition) is 3. The molecule has 26 heavy (non-hydrogen) atoms. The molecule has 0 bridgehead atoms. The van der Waals surface area contributed by atoms with E-state index < -0.39 is 5.54 Å². The van der Waals surface area contributed by atoms with E-state index in [2.05, 4.69) is 69.1 Å². The maximum Gasteiger partial charge on any atom is 0.234 e. The van der Waals surface area contributed by atoms with Crippen molar-refractivity contribution in [3.05, 3.63) is 82.6 Å². The van der Waals surface area contributed by atoms with Crippen molar-refractivity contribution in [2.75, 3.05) is 20.1 Å². The Morgan fingerprint density at radius 1 is 1.23 bits per heavy atom. The molecule has 0 saturated carbocycles. The Morgan fingerprint density at radius 2 is 2.00 bits per heavy atom. The lowest BCUT2D eigenvalue weighted by atomic mass is 9.78. The minimum Gasteiger partial charge on any atom is -0.360 e. The number of fused-ring (bicyclic) bond motifs is 1. The predicted octanol–water partition coefficient (Wildman–Crippen LogP) is 3.31. The minimum absolute atomic E-state index is 0.129. The normalized spacial score (nSPS) is 25.9. The Morgan fingerprint density at radius 3 is 2.73 bits per heavy atom. The van der Waals surface area contributed by atoms with Crippen molar-refractivity contribution in [3.63, 3.8) is 0 Å². The van der Waals surface area contributed by atoms with E-state index in [1.807, 2.05) is 18.2 Å². The van der Waals surface area contributed by atoms with Gasteiger partial charge < -0.3 is 10.2 Å². The van der Waals surface area contributed by atoms with Crippen LogP contribution in [0.4, 0.5) is 0 Å². The predicted molar refractivity (Wildman–Crippen MR) is 106 cm³/mol. The highest BCUT2D eigenvalue weighted by molar-refractivity contribution is 9.10. The van der Waals surface area contributed by atoms with Crippen LogP contribution in [-0.4, -0.2) is 35.8 Å². The van der Waals surface area contributed by atoms with E-state index in [4.69, 9.17) is 0 Å². The standard InChI is InChI=1S/C21H22BrN3O/c1-15-23-21(17-9-6-10-18(22)11-17)14-25(12-16-7-4-3-5-8-16)13-19(21)20(26)24(15)2/h3-11,19,23H,1,12-14H2,2H3. The van der Waals surface area contributed by atoms with E-state index in [-0.39, 0.29) is 11.8 Å². The summed E-state index contributed by atoms with van der Waals surface area (Å²) >= 11 is 3.57. The molecule has 4 rings (SSSR count). The fourth-order valence-corrected chi connectivity index (χ4v) is 4.56. The summed E-state index contributed by atoms with van der Waals surface area (Å²) in [5.41, 5.74) is 1.93. The fraction of sp³-hybridized carbons (Fsp3) is 0.286. The third kappa shape index (κ3) is 2.85. The van der Waals surface area contributed by atoms with E-state index in [9.17, 15) is 4.79 Å². The molecule has 2 saturated heterocycles. The third-order valence-corrected chi connectivity index (χ3v) is 5.99. The Kier molecular flexibility index (Phi) is 4.37. The van der Waals surface area contributed by atoms with Crippen LogP contribution in [0.5, 0.6) is 0 Å². The zero-order valence-electron chi connectivity index (χ0n) is 14.8. The molecular weight excluding hydrogens is 390 g/mol. The van der Waals surface area contributed by atoms with Gasteiger partial charge in [0.05, 0.1) is 11.5 Å². The Labute approximate surface area is 162 Å². The summed E-state index contributed by atoms with van der Waals surface area (Å²) < 4.78 is 1.02. The molecule has 2 aliphatic heterocycles. The Hall–Kier alpha value is -2.11. The summed E-state index contributed by atoms with van der Waals surface area (Å²) in [5, 5.41) is 3.58. The third-order valence-electron chi connectivity index (χ3n) is 5.50. The van der Waals surface area contributed by atoms with Gasteiger partial charge in [-0.1, -0.05) is 65.0 Å². The van der Waals surface area contributed by atoms with Crippen molar-refractivity contribution in [1.82, 2.24) is 15.1 Å². The number of halogens is 1. The smallest absolute Gasteiger partial charge is 0.234 e. The van der Waals surface area contributed by atoms with Gasteiger partial charge in [0.1, 0.15) is 5.82 Å². The van der Waals surface area contributed by atoms with E-state index in [0.717, 1.165) is 29.7 Å². The van der Waals surface area contributed by atoms with Gasteiger partial charge in [0.25, 0.3) is 0 Å². The molecular formula is C21H22BrN3O. The van der Waals surface area contributed by atoms with Crippen LogP contribution >= 0.6 is 15.9 Å². The first-order chi connectivity index (χ1) is 12.5. The summed E-state index contributed by atoms with van der Waals surface area (Å²) in [6.07, 6.45) is 0. The maximum absolute atomic E-state index is 13.1. The van der Waals surface area contributed by atoms with Crippen LogP contribution in [0, 0.1) is 5.92 Å². The Bertz CT molecular complexity index is 853. The molecule has 2 aromatic carbocycles. The highest BCUT2D eigenvalue weighted by atomic mass is 79.9. The molecule has 0 radical (unpaired) electrons. The van der Waals surface area contributed by atoms with Gasteiger partial charge in [-0.2, -0.15) is 0 Å². The second-order valence-corrected chi connectivity index (χ2v) is 8.07. The molecule has 2 fully saturated rings. The lowest BCUT2D eigenvalue weighted by molar-refractivity contribution is -0.137. The summed E-state index contributed by atoms with van der Waals surface area (Å²) in [7, 11) is 1.79. The molecule has 2 aliphatic rings. The molecule has 1 amide bonds. The number of amides is 1. The van der Waals surface area contributed by atoms with Crippen LogP contribution in [0.2, 0.25) is 0 Å². The maximum atomic E-state index is 13.1. The summed E-state index contributed by atoms with van der Waals surface area (Å²) in [4.78, 5) is 17.1. The van der Waals surface area contributed by atoms with Gasteiger partial charge in [0, 0.05) is 31.2 Å². The number of carbonyl (C=O) groups is 1. The molecule has 0 aliphatic carbocycles. The van der Waals surface area contributed by atoms with Gasteiger partial charge in [0.15, 0.2) is 0 Å². The first-order valence-corrected chi connectivity index (χ1v) is 9.56. The molecule has 2 heterocycles. The highest BCUT2D eigenvalue weighted by Gasteiger charge is 2.55. The van der Waals surface area contributed by atoms with Crippen LogP contribution < -0.4 is 5.32 Å². The zero-order chi connectivity index (χ0) is 18.3. The van der Waals surface area contributed by atoms with E-state index in [0.29, 0.717) is 5.82 Å². The number of hydrogen-bond donors (Lipinski definition) is 1. The lowest BCUT2D eigenvalue weighted by Crippen LogP contribution is -2.60. The van der Waals surface area contributed by atoms with Crippen molar-refractivity contribution in [2.24, 2.45) is 5.92 Å².